The van der Waals surface area contributed by atoms with Crippen molar-refractivity contribution in [3.05, 3.63) is 29.3 Å². The number of hydrogen-bond acceptors (Lipinski definition) is 1. The summed E-state index contributed by atoms with van der Waals surface area (Å²) in [7, 11) is 2.21. The Hall–Kier alpha value is -0.500. The van der Waals surface area contributed by atoms with Gasteiger partial charge in [-0.2, -0.15) is 0 Å². The molecular formula is C14H20BrN. The Bertz CT molecular complexity index is 371. The topological polar surface area (TPSA) is 3.24 Å². The molecule has 1 aromatic carbocycles. The molecule has 1 nitrogen and oxygen atoms in total. The molecule has 1 fully saturated rings. The van der Waals surface area contributed by atoms with E-state index in [0.717, 1.165) is 11.2 Å². The third kappa shape index (κ3) is 2.42. The van der Waals surface area contributed by atoms with Crippen LogP contribution in [0.15, 0.2) is 18.2 Å². The van der Waals surface area contributed by atoms with Crippen molar-refractivity contribution < 1.29 is 0 Å². The fourth-order valence-electron chi connectivity index (χ4n) is 2.18. The number of benzene rings is 1. The average molecular weight is 282 g/mol. The van der Waals surface area contributed by atoms with Crippen LogP contribution in [0.25, 0.3) is 0 Å². The fourth-order valence-corrected chi connectivity index (χ4v) is 2.81. The number of rotatable bonds is 4. The van der Waals surface area contributed by atoms with E-state index in [9.17, 15) is 0 Å². The van der Waals surface area contributed by atoms with E-state index >= 15 is 0 Å². The van der Waals surface area contributed by atoms with Crippen molar-refractivity contribution in [2.45, 2.75) is 38.1 Å². The summed E-state index contributed by atoms with van der Waals surface area (Å²) in [5, 5.41) is 0.945. The number of hydrogen-bond donors (Lipinski definition) is 0. The lowest BCUT2D eigenvalue weighted by molar-refractivity contribution is 0.609. The van der Waals surface area contributed by atoms with Crippen LogP contribution < -0.4 is 4.90 Å². The average Bonchev–Trinajstić information content (AvgIpc) is 3.11. The van der Waals surface area contributed by atoms with Crippen LogP contribution in [0.2, 0.25) is 0 Å². The minimum atomic E-state index is 0.675. The second-order valence-electron chi connectivity index (χ2n) is 4.93. The van der Waals surface area contributed by atoms with Crippen molar-refractivity contribution in [1.82, 2.24) is 0 Å². The monoisotopic (exact) mass is 281 g/mol. The molecule has 88 valence electrons. The molecule has 0 N–H and O–H groups in total. The number of alkyl halides is 1. The normalized spacial score (nSPS) is 17.2. The lowest BCUT2D eigenvalue weighted by atomic mass is 10.1. The SMILES string of the molecule is Cc1cc(N(C)C(C)C2CC2)ccc1CBr. The Balaban J connectivity index is 2.16. The third-order valence-electron chi connectivity index (χ3n) is 3.79. The zero-order valence-electron chi connectivity index (χ0n) is 10.3. The van der Waals surface area contributed by atoms with Crippen molar-refractivity contribution in [3.8, 4) is 0 Å². The zero-order chi connectivity index (χ0) is 11.7. The molecule has 2 heteroatoms. The van der Waals surface area contributed by atoms with Gasteiger partial charge >= 0.3 is 0 Å². The van der Waals surface area contributed by atoms with Gasteiger partial charge in [-0.25, -0.2) is 0 Å². The van der Waals surface area contributed by atoms with E-state index in [4.69, 9.17) is 0 Å². The molecule has 1 atom stereocenters. The van der Waals surface area contributed by atoms with Gasteiger partial charge in [0, 0.05) is 24.1 Å². The summed E-state index contributed by atoms with van der Waals surface area (Å²) in [6, 6.07) is 7.45. The highest BCUT2D eigenvalue weighted by Gasteiger charge is 2.30. The molecule has 0 amide bonds. The van der Waals surface area contributed by atoms with Gasteiger partial charge in [0.25, 0.3) is 0 Å². The maximum absolute atomic E-state index is 3.52. The van der Waals surface area contributed by atoms with Gasteiger partial charge in [0.15, 0.2) is 0 Å². The maximum atomic E-state index is 3.52. The number of nitrogens with zero attached hydrogens (tertiary/aromatic N) is 1. The molecule has 1 unspecified atom stereocenters. The first-order valence-corrected chi connectivity index (χ1v) is 7.14. The predicted molar refractivity (Wildman–Crippen MR) is 74.4 cm³/mol. The molecule has 0 aliphatic heterocycles. The second kappa shape index (κ2) is 4.79. The van der Waals surface area contributed by atoms with Crippen LogP contribution in [0.1, 0.15) is 30.9 Å². The Morgan fingerprint density at radius 1 is 1.44 bits per heavy atom. The quantitative estimate of drug-likeness (QED) is 0.751. The van der Waals surface area contributed by atoms with Crippen molar-refractivity contribution in [1.29, 1.82) is 0 Å². The third-order valence-corrected chi connectivity index (χ3v) is 4.40. The molecule has 2 rings (SSSR count). The van der Waals surface area contributed by atoms with E-state index in [0.29, 0.717) is 6.04 Å². The van der Waals surface area contributed by atoms with Crippen molar-refractivity contribution >= 4 is 21.6 Å². The van der Waals surface area contributed by atoms with E-state index in [-0.39, 0.29) is 0 Å². The van der Waals surface area contributed by atoms with Crippen LogP contribution in [-0.4, -0.2) is 13.1 Å². The first kappa shape index (κ1) is 12.0. The molecule has 0 bridgehead atoms. The summed E-state index contributed by atoms with van der Waals surface area (Å²) in [6.45, 7) is 4.53. The Kier molecular flexibility index (Phi) is 3.58. The van der Waals surface area contributed by atoms with Crippen LogP contribution in [-0.2, 0) is 5.33 Å². The highest BCUT2D eigenvalue weighted by atomic mass is 79.9. The maximum Gasteiger partial charge on any atom is 0.0368 e. The summed E-state index contributed by atoms with van der Waals surface area (Å²) in [5.74, 6) is 0.918. The molecule has 0 saturated heterocycles. The van der Waals surface area contributed by atoms with Crippen molar-refractivity contribution in [3.63, 3.8) is 0 Å². The molecule has 1 aromatic rings. The predicted octanol–water partition coefficient (Wildman–Crippen LogP) is 4.12. The minimum Gasteiger partial charge on any atom is -0.372 e. The lowest BCUT2D eigenvalue weighted by Gasteiger charge is -2.27. The lowest BCUT2D eigenvalue weighted by Crippen LogP contribution is -2.30. The summed E-state index contributed by atoms with van der Waals surface area (Å²) in [5.41, 5.74) is 4.11. The number of aryl methyl sites for hydroxylation is 1. The second-order valence-corrected chi connectivity index (χ2v) is 5.49. The van der Waals surface area contributed by atoms with Gasteiger partial charge in [-0.3, -0.25) is 0 Å². The number of anilines is 1. The number of halogens is 1. The Morgan fingerprint density at radius 3 is 2.62 bits per heavy atom. The van der Waals surface area contributed by atoms with Crippen LogP contribution in [0.4, 0.5) is 5.69 Å². The first-order chi connectivity index (χ1) is 7.63. The largest absolute Gasteiger partial charge is 0.372 e. The fraction of sp³-hybridized carbons (Fsp3) is 0.571. The van der Waals surface area contributed by atoms with Gasteiger partial charge < -0.3 is 4.90 Å². The van der Waals surface area contributed by atoms with Crippen LogP contribution in [0.5, 0.6) is 0 Å². The minimum absolute atomic E-state index is 0.675. The molecule has 0 aromatic heterocycles. The summed E-state index contributed by atoms with van der Waals surface area (Å²) >= 11 is 3.52. The summed E-state index contributed by atoms with van der Waals surface area (Å²) in [4.78, 5) is 2.42. The molecule has 16 heavy (non-hydrogen) atoms. The standard InChI is InChI=1S/C14H20BrN/c1-10-8-14(7-6-13(10)9-15)16(3)11(2)12-4-5-12/h6-8,11-12H,4-5,9H2,1-3H3. The van der Waals surface area contributed by atoms with E-state index < -0.39 is 0 Å². The van der Waals surface area contributed by atoms with Gasteiger partial charge in [-0.1, -0.05) is 22.0 Å². The molecule has 1 saturated carbocycles. The van der Waals surface area contributed by atoms with E-state index in [1.807, 2.05) is 0 Å². The van der Waals surface area contributed by atoms with Crippen molar-refractivity contribution in [2.24, 2.45) is 5.92 Å². The zero-order valence-corrected chi connectivity index (χ0v) is 11.9. The molecule has 0 spiro atoms. The first-order valence-electron chi connectivity index (χ1n) is 6.02. The molecule has 0 heterocycles. The molecule has 0 radical (unpaired) electrons. The van der Waals surface area contributed by atoms with Gasteiger partial charge in [0.1, 0.15) is 0 Å². The van der Waals surface area contributed by atoms with Crippen LogP contribution in [0, 0.1) is 12.8 Å². The molecule has 1 aliphatic carbocycles. The highest BCUT2D eigenvalue weighted by molar-refractivity contribution is 9.08. The van der Waals surface area contributed by atoms with E-state index in [1.165, 1.54) is 29.7 Å². The smallest absolute Gasteiger partial charge is 0.0368 e. The molecule has 1 aliphatic rings. The van der Waals surface area contributed by atoms with Gasteiger partial charge in [0.05, 0.1) is 0 Å². The van der Waals surface area contributed by atoms with Crippen LogP contribution in [0.3, 0.4) is 0 Å². The summed E-state index contributed by atoms with van der Waals surface area (Å²) < 4.78 is 0. The molecular weight excluding hydrogens is 262 g/mol. The van der Waals surface area contributed by atoms with Crippen LogP contribution >= 0.6 is 15.9 Å². The Morgan fingerprint density at radius 2 is 2.12 bits per heavy atom. The van der Waals surface area contributed by atoms with Gasteiger partial charge in [-0.05, 0) is 55.9 Å². The summed E-state index contributed by atoms with van der Waals surface area (Å²) in [6.07, 6.45) is 2.81. The van der Waals surface area contributed by atoms with Gasteiger partial charge in [-0.15, -0.1) is 0 Å². The Labute approximate surface area is 107 Å². The van der Waals surface area contributed by atoms with Gasteiger partial charge in [0.2, 0.25) is 0 Å². The highest BCUT2D eigenvalue weighted by Crippen LogP contribution is 2.36. The van der Waals surface area contributed by atoms with E-state index in [1.54, 1.807) is 0 Å². The van der Waals surface area contributed by atoms with Crippen molar-refractivity contribution in [2.75, 3.05) is 11.9 Å². The van der Waals surface area contributed by atoms with E-state index in [2.05, 4.69) is 59.9 Å².